The van der Waals surface area contributed by atoms with Crippen molar-refractivity contribution in [2.75, 3.05) is 5.32 Å². The number of hydrogen-bond acceptors (Lipinski definition) is 3. The number of halogens is 1. The van der Waals surface area contributed by atoms with Crippen molar-refractivity contribution in [3.8, 4) is 0 Å². The second kappa shape index (κ2) is 5.46. The summed E-state index contributed by atoms with van der Waals surface area (Å²) < 4.78 is 0.734. The Hall–Kier alpha value is -2.15. The molecule has 0 bridgehead atoms. The molecular weight excluding hydrogens is 326 g/mol. The predicted octanol–water partition coefficient (Wildman–Crippen LogP) is 3.55. The van der Waals surface area contributed by atoms with Crippen LogP contribution in [0.1, 0.15) is 21.6 Å². The second-order valence-corrected chi connectivity index (χ2v) is 5.31. The lowest BCUT2D eigenvalue weighted by molar-refractivity contribution is -0.384. The average Bonchev–Trinajstić information content (AvgIpc) is 2.80. The van der Waals surface area contributed by atoms with E-state index in [-0.39, 0.29) is 11.4 Å². The zero-order valence-electron chi connectivity index (χ0n) is 10.9. The maximum atomic E-state index is 12.0. The summed E-state index contributed by atoms with van der Waals surface area (Å²) in [4.78, 5) is 25.3. The van der Waals surface area contributed by atoms with Gasteiger partial charge in [0, 0.05) is 16.7 Å². The SMILES string of the molecule is Cc1cc(NC(=O)c2cc(Br)c[nH]2)c([N+](=O)[O-])cc1C. The molecule has 0 unspecified atom stereocenters. The number of nitrogens with one attached hydrogen (secondary N) is 2. The van der Waals surface area contributed by atoms with Gasteiger partial charge in [0.25, 0.3) is 11.6 Å². The quantitative estimate of drug-likeness (QED) is 0.663. The number of rotatable bonds is 3. The Morgan fingerprint density at radius 3 is 2.50 bits per heavy atom. The van der Waals surface area contributed by atoms with E-state index in [9.17, 15) is 14.9 Å². The summed E-state index contributed by atoms with van der Waals surface area (Å²) in [5, 5.41) is 13.6. The Bertz CT molecular complexity index is 694. The van der Waals surface area contributed by atoms with Crippen LogP contribution in [0.25, 0.3) is 0 Å². The van der Waals surface area contributed by atoms with Crippen LogP contribution in [0.15, 0.2) is 28.9 Å². The highest BCUT2D eigenvalue weighted by Gasteiger charge is 2.18. The molecule has 20 heavy (non-hydrogen) atoms. The number of hydrogen-bond donors (Lipinski definition) is 2. The number of nitro benzene ring substituents is 1. The molecule has 0 spiro atoms. The predicted molar refractivity (Wildman–Crippen MR) is 79.0 cm³/mol. The van der Waals surface area contributed by atoms with Crippen LogP contribution in [0, 0.1) is 24.0 Å². The van der Waals surface area contributed by atoms with Crippen LogP contribution >= 0.6 is 15.9 Å². The van der Waals surface area contributed by atoms with Crippen molar-refractivity contribution in [2.24, 2.45) is 0 Å². The van der Waals surface area contributed by atoms with Crippen LogP contribution < -0.4 is 5.32 Å². The minimum atomic E-state index is -0.507. The van der Waals surface area contributed by atoms with Gasteiger partial charge in [-0.05, 0) is 53.0 Å². The number of aromatic nitrogens is 1. The molecule has 2 rings (SSSR count). The average molecular weight is 338 g/mol. The third-order valence-corrected chi connectivity index (χ3v) is 3.41. The zero-order valence-corrected chi connectivity index (χ0v) is 12.4. The molecular formula is C13H12BrN3O3. The lowest BCUT2D eigenvalue weighted by Gasteiger charge is -2.08. The Labute approximate surface area is 123 Å². The third kappa shape index (κ3) is 2.88. The zero-order chi connectivity index (χ0) is 14.9. The number of nitrogens with zero attached hydrogens (tertiary/aromatic N) is 1. The number of carbonyl (C=O) groups excluding carboxylic acids is 1. The van der Waals surface area contributed by atoms with Crippen molar-refractivity contribution in [3.05, 3.63) is 55.8 Å². The molecule has 1 aromatic heterocycles. The van der Waals surface area contributed by atoms with Gasteiger partial charge in [-0.3, -0.25) is 14.9 Å². The molecule has 0 fully saturated rings. The first-order chi connectivity index (χ1) is 9.38. The van der Waals surface area contributed by atoms with Crippen LogP contribution in [0.5, 0.6) is 0 Å². The first-order valence-corrected chi connectivity index (χ1v) is 6.58. The number of anilines is 1. The largest absolute Gasteiger partial charge is 0.356 e. The standard InChI is InChI=1S/C13H12BrN3O3/c1-7-3-10(12(17(19)20)4-8(7)2)16-13(18)11-5-9(14)6-15-11/h3-6,15H,1-2H3,(H,16,18). The molecule has 0 aliphatic heterocycles. The normalized spacial score (nSPS) is 10.3. The van der Waals surface area contributed by atoms with Gasteiger partial charge in [-0.2, -0.15) is 0 Å². The Morgan fingerprint density at radius 2 is 1.95 bits per heavy atom. The van der Waals surface area contributed by atoms with Gasteiger partial charge in [-0.15, -0.1) is 0 Å². The molecule has 2 N–H and O–H groups in total. The van der Waals surface area contributed by atoms with E-state index in [0.717, 1.165) is 15.6 Å². The van der Waals surface area contributed by atoms with Crippen LogP contribution in [-0.4, -0.2) is 15.8 Å². The van der Waals surface area contributed by atoms with Crippen LogP contribution in [-0.2, 0) is 0 Å². The molecule has 0 radical (unpaired) electrons. The fourth-order valence-corrected chi connectivity index (χ4v) is 2.08. The van der Waals surface area contributed by atoms with Gasteiger partial charge < -0.3 is 10.3 Å². The fraction of sp³-hybridized carbons (Fsp3) is 0.154. The van der Waals surface area contributed by atoms with Gasteiger partial charge in [0.15, 0.2) is 0 Å². The van der Waals surface area contributed by atoms with E-state index in [1.165, 1.54) is 6.07 Å². The monoisotopic (exact) mass is 337 g/mol. The highest BCUT2D eigenvalue weighted by Crippen LogP contribution is 2.28. The Morgan fingerprint density at radius 1 is 1.30 bits per heavy atom. The number of benzene rings is 1. The van der Waals surface area contributed by atoms with Crippen LogP contribution in [0.2, 0.25) is 0 Å². The molecule has 7 heteroatoms. The van der Waals surface area contributed by atoms with E-state index in [0.29, 0.717) is 5.69 Å². The van der Waals surface area contributed by atoms with E-state index >= 15 is 0 Å². The highest BCUT2D eigenvalue weighted by molar-refractivity contribution is 9.10. The summed E-state index contributed by atoms with van der Waals surface area (Å²) in [5.74, 6) is -0.429. The molecule has 1 amide bonds. The first-order valence-electron chi connectivity index (χ1n) is 5.79. The molecule has 1 heterocycles. The topological polar surface area (TPSA) is 88.0 Å². The minimum absolute atomic E-state index is 0.118. The molecule has 1 aromatic carbocycles. The summed E-state index contributed by atoms with van der Waals surface area (Å²) in [6, 6.07) is 4.65. The molecule has 0 atom stereocenters. The maximum Gasteiger partial charge on any atom is 0.293 e. The number of H-pyrrole nitrogens is 1. The van der Waals surface area contributed by atoms with Crippen LogP contribution in [0.4, 0.5) is 11.4 Å². The number of carbonyl (C=O) groups is 1. The van der Waals surface area contributed by atoms with Crippen molar-refractivity contribution < 1.29 is 9.72 Å². The number of amides is 1. The van der Waals surface area contributed by atoms with E-state index < -0.39 is 10.8 Å². The molecule has 6 nitrogen and oxygen atoms in total. The lowest BCUT2D eigenvalue weighted by Crippen LogP contribution is -2.13. The van der Waals surface area contributed by atoms with Gasteiger partial charge >= 0.3 is 0 Å². The first kappa shape index (κ1) is 14.3. The lowest BCUT2D eigenvalue weighted by atomic mass is 10.1. The maximum absolute atomic E-state index is 12.0. The van der Waals surface area contributed by atoms with Crippen molar-refractivity contribution in [3.63, 3.8) is 0 Å². The molecule has 0 saturated heterocycles. The van der Waals surface area contributed by atoms with E-state index in [1.54, 1.807) is 25.3 Å². The fourth-order valence-electron chi connectivity index (χ4n) is 1.74. The van der Waals surface area contributed by atoms with Crippen molar-refractivity contribution in [1.82, 2.24) is 4.98 Å². The minimum Gasteiger partial charge on any atom is -0.356 e. The number of aromatic amines is 1. The molecule has 2 aromatic rings. The van der Waals surface area contributed by atoms with Gasteiger partial charge in [-0.25, -0.2) is 0 Å². The summed E-state index contributed by atoms with van der Waals surface area (Å²) in [6.07, 6.45) is 1.61. The molecule has 0 saturated carbocycles. The van der Waals surface area contributed by atoms with Crippen molar-refractivity contribution in [1.29, 1.82) is 0 Å². The number of nitro groups is 1. The van der Waals surface area contributed by atoms with E-state index in [2.05, 4.69) is 26.2 Å². The van der Waals surface area contributed by atoms with Gasteiger partial charge in [0.05, 0.1) is 4.92 Å². The second-order valence-electron chi connectivity index (χ2n) is 4.40. The van der Waals surface area contributed by atoms with Gasteiger partial charge in [0.1, 0.15) is 11.4 Å². The summed E-state index contributed by atoms with van der Waals surface area (Å²) in [7, 11) is 0. The summed E-state index contributed by atoms with van der Waals surface area (Å²) in [5.41, 5.74) is 2.07. The van der Waals surface area contributed by atoms with Crippen molar-refractivity contribution >= 4 is 33.2 Å². The molecule has 0 aliphatic rings. The van der Waals surface area contributed by atoms with Gasteiger partial charge in [0.2, 0.25) is 0 Å². The molecule has 104 valence electrons. The van der Waals surface area contributed by atoms with Gasteiger partial charge in [-0.1, -0.05) is 0 Å². The summed E-state index contributed by atoms with van der Waals surface area (Å²) >= 11 is 3.23. The van der Waals surface area contributed by atoms with Crippen LogP contribution in [0.3, 0.4) is 0 Å². The Balaban J connectivity index is 2.35. The summed E-state index contributed by atoms with van der Waals surface area (Å²) in [6.45, 7) is 3.62. The number of aryl methyl sites for hydroxylation is 2. The van der Waals surface area contributed by atoms with E-state index in [1.807, 2.05) is 6.92 Å². The van der Waals surface area contributed by atoms with Crippen molar-refractivity contribution in [2.45, 2.75) is 13.8 Å². The van der Waals surface area contributed by atoms with E-state index in [4.69, 9.17) is 0 Å². The smallest absolute Gasteiger partial charge is 0.293 e. The highest BCUT2D eigenvalue weighted by atomic mass is 79.9. The Kier molecular flexibility index (Phi) is 3.89. The third-order valence-electron chi connectivity index (χ3n) is 2.95. The molecule has 0 aliphatic carbocycles.